The lowest BCUT2D eigenvalue weighted by Gasteiger charge is -2.44. The first-order valence-corrected chi connectivity index (χ1v) is 8.59. The molecule has 10 nitrogen and oxygen atoms in total. The van der Waals surface area contributed by atoms with Gasteiger partial charge in [0.1, 0.15) is 24.4 Å². The lowest BCUT2D eigenvalue weighted by atomic mass is 9.80. The number of rotatable bonds is 5. The van der Waals surface area contributed by atoms with E-state index in [1.54, 1.807) is 6.08 Å². The molecular weight excluding hydrogens is 364 g/mol. The maximum atomic E-state index is 12.1. The molecule has 152 valence electrons. The number of fused-ring (bicyclic) bond motifs is 1. The van der Waals surface area contributed by atoms with E-state index < -0.39 is 61.8 Å². The molecule has 0 spiro atoms. The van der Waals surface area contributed by atoms with E-state index in [0.29, 0.717) is 12.0 Å². The monoisotopic (exact) mass is 388 g/mol. The number of methoxy groups -OCH3 is 1. The molecule has 0 saturated carbocycles. The number of hydrogen-bond acceptors (Lipinski definition) is 10. The number of carbonyl (C=O) groups excluding carboxylic acids is 1. The van der Waals surface area contributed by atoms with Crippen LogP contribution in [0.25, 0.3) is 0 Å². The van der Waals surface area contributed by atoms with Crippen molar-refractivity contribution in [3.05, 3.63) is 24.5 Å². The standard InChI is InChI=1S/C17H24O10/c1-3-7-8-4-11(23-2)26-15(22)9(8)6-24-16(7)27-17-14(21)13(20)12(19)10(5-18)25-17/h3,6-8,10-14,16-21H,1,4-5H2,2H3/t7-,8+,10-,11+,12-,13+,14-,16+,17+/m1/s1. The van der Waals surface area contributed by atoms with Crippen LogP contribution in [0.5, 0.6) is 0 Å². The first kappa shape index (κ1) is 20.2. The van der Waals surface area contributed by atoms with Crippen molar-refractivity contribution in [1.82, 2.24) is 0 Å². The molecule has 3 aliphatic rings. The summed E-state index contributed by atoms with van der Waals surface area (Å²) in [6.07, 6.45) is -5.65. The van der Waals surface area contributed by atoms with Crippen molar-refractivity contribution >= 4 is 5.97 Å². The number of carbonyl (C=O) groups is 1. The molecular formula is C17H24O10. The van der Waals surface area contributed by atoms with Crippen molar-refractivity contribution < 1.29 is 48.9 Å². The van der Waals surface area contributed by atoms with Gasteiger partial charge in [-0.1, -0.05) is 6.08 Å². The average Bonchev–Trinajstić information content (AvgIpc) is 2.67. The van der Waals surface area contributed by atoms with Crippen LogP contribution in [0.2, 0.25) is 0 Å². The minimum absolute atomic E-state index is 0.321. The summed E-state index contributed by atoms with van der Waals surface area (Å²) in [6.45, 7) is 3.18. The number of cyclic esters (lactones) is 1. The lowest BCUT2D eigenvalue weighted by molar-refractivity contribution is -0.340. The maximum absolute atomic E-state index is 12.1. The number of aliphatic hydroxyl groups excluding tert-OH is 4. The van der Waals surface area contributed by atoms with E-state index >= 15 is 0 Å². The van der Waals surface area contributed by atoms with Crippen molar-refractivity contribution in [2.75, 3.05) is 13.7 Å². The van der Waals surface area contributed by atoms with Gasteiger partial charge in [0.2, 0.25) is 12.6 Å². The molecule has 0 bridgehead atoms. The minimum atomic E-state index is -1.57. The third kappa shape index (κ3) is 3.74. The van der Waals surface area contributed by atoms with Crippen LogP contribution in [0, 0.1) is 11.8 Å². The Labute approximate surface area is 155 Å². The van der Waals surface area contributed by atoms with E-state index in [1.807, 2.05) is 0 Å². The second-order valence-electron chi connectivity index (χ2n) is 6.64. The Morgan fingerprint density at radius 1 is 1.26 bits per heavy atom. The zero-order valence-electron chi connectivity index (χ0n) is 14.7. The maximum Gasteiger partial charge on any atom is 0.339 e. The van der Waals surface area contributed by atoms with Gasteiger partial charge < -0.3 is 44.1 Å². The Hall–Kier alpha value is -1.53. The van der Waals surface area contributed by atoms with Crippen LogP contribution in [0.3, 0.4) is 0 Å². The number of esters is 1. The molecule has 0 aromatic heterocycles. The zero-order chi connectivity index (χ0) is 19.7. The van der Waals surface area contributed by atoms with Gasteiger partial charge >= 0.3 is 5.97 Å². The predicted octanol–water partition coefficient (Wildman–Crippen LogP) is -1.62. The molecule has 0 aromatic carbocycles. The van der Waals surface area contributed by atoms with Crippen LogP contribution >= 0.6 is 0 Å². The van der Waals surface area contributed by atoms with E-state index in [1.165, 1.54) is 13.4 Å². The molecule has 0 aliphatic carbocycles. The summed E-state index contributed by atoms with van der Waals surface area (Å²) >= 11 is 0. The fraction of sp³-hybridized carbons (Fsp3) is 0.706. The highest BCUT2D eigenvalue weighted by Gasteiger charge is 2.49. The number of hydrogen-bond donors (Lipinski definition) is 4. The predicted molar refractivity (Wildman–Crippen MR) is 86.5 cm³/mol. The van der Waals surface area contributed by atoms with Crippen molar-refractivity contribution in [2.45, 2.75) is 49.7 Å². The summed E-state index contributed by atoms with van der Waals surface area (Å²) in [5, 5.41) is 39.1. The van der Waals surface area contributed by atoms with Gasteiger partial charge in [0.15, 0.2) is 6.29 Å². The highest BCUT2D eigenvalue weighted by Crippen LogP contribution is 2.40. The Morgan fingerprint density at radius 3 is 2.63 bits per heavy atom. The third-order valence-electron chi connectivity index (χ3n) is 5.08. The Morgan fingerprint density at radius 2 is 2.00 bits per heavy atom. The molecule has 3 heterocycles. The second-order valence-corrected chi connectivity index (χ2v) is 6.64. The molecule has 0 radical (unpaired) electrons. The van der Waals surface area contributed by atoms with E-state index in [2.05, 4.69) is 6.58 Å². The Bertz CT molecular complexity index is 590. The van der Waals surface area contributed by atoms with Gasteiger partial charge in [0, 0.05) is 25.4 Å². The van der Waals surface area contributed by atoms with Crippen LogP contribution in [0.1, 0.15) is 6.42 Å². The minimum Gasteiger partial charge on any atom is -0.471 e. The molecule has 9 atom stereocenters. The Balaban J connectivity index is 1.77. The van der Waals surface area contributed by atoms with Crippen molar-refractivity contribution in [3.63, 3.8) is 0 Å². The SMILES string of the molecule is C=C[C@H]1[C@H](O[C@@H]2O[C@H](CO)[C@@H](O)[C@H](O)[C@H]2O)OC=C2C(=O)O[C@H](OC)C[C@H]21. The average molecular weight is 388 g/mol. The molecule has 10 heteroatoms. The van der Waals surface area contributed by atoms with Gasteiger partial charge in [0.25, 0.3) is 0 Å². The van der Waals surface area contributed by atoms with Crippen molar-refractivity contribution in [3.8, 4) is 0 Å². The first-order valence-electron chi connectivity index (χ1n) is 8.59. The van der Waals surface area contributed by atoms with Crippen LogP contribution in [-0.4, -0.2) is 83.4 Å². The third-order valence-corrected chi connectivity index (χ3v) is 5.08. The molecule has 2 fully saturated rings. The van der Waals surface area contributed by atoms with Crippen LogP contribution in [0.4, 0.5) is 0 Å². The topological polar surface area (TPSA) is 144 Å². The zero-order valence-corrected chi connectivity index (χ0v) is 14.7. The molecule has 3 rings (SSSR count). The van der Waals surface area contributed by atoms with E-state index in [0.717, 1.165) is 0 Å². The molecule has 2 saturated heterocycles. The van der Waals surface area contributed by atoms with Gasteiger partial charge in [-0.25, -0.2) is 4.79 Å². The molecule has 0 aromatic rings. The van der Waals surface area contributed by atoms with Crippen molar-refractivity contribution in [1.29, 1.82) is 0 Å². The van der Waals surface area contributed by atoms with E-state index in [-0.39, 0.29) is 5.92 Å². The van der Waals surface area contributed by atoms with E-state index in [4.69, 9.17) is 23.7 Å². The van der Waals surface area contributed by atoms with Gasteiger partial charge in [-0.05, 0) is 0 Å². The van der Waals surface area contributed by atoms with Gasteiger partial charge in [0.05, 0.1) is 18.4 Å². The highest BCUT2D eigenvalue weighted by atomic mass is 16.8. The van der Waals surface area contributed by atoms with Crippen LogP contribution < -0.4 is 0 Å². The van der Waals surface area contributed by atoms with Crippen LogP contribution in [-0.2, 0) is 28.5 Å². The smallest absolute Gasteiger partial charge is 0.339 e. The second kappa shape index (κ2) is 8.23. The largest absolute Gasteiger partial charge is 0.471 e. The normalized spacial score (nSPS) is 44.6. The number of aliphatic hydroxyl groups is 4. The molecule has 0 amide bonds. The Kier molecular flexibility index (Phi) is 6.16. The van der Waals surface area contributed by atoms with Gasteiger partial charge in [-0.2, -0.15) is 0 Å². The number of ether oxygens (including phenoxy) is 5. The fourth-order valence-corrected chi connectivity index (χ4v) is 3.50. The van der Waals surface area contributed by atoms with Crippen LogP contribution in [0.15, 0.2) is 24.5 Å². The summed E-state index contributed by atoms with van der Waals surface area (Å²) in [5.74, 6) is -1.41. The summed E-state index contributed by atoms with van der Waals surface area (Å²) in [4.78, 5) is 12.1. The van der Waals surface area contributed by atoms with Gasteiger partial charge in [-0.15, -0.1) is 6.58 Å². The highest BCUT2D eigenvalue weighted by molar-refractivity contribution is 5.89. The quantitative estimate of drug-likeness (QED) is 0.320. The molecule has 4 N–H and O–H groups in total. The lowest BCUT2D eigenvalue weighted by Crippen LogP contribution is -2.60. The fourth-order valence-electron chi connectivity index (χ4n) is 3.50. The summed E-state index contributed by atoms with van der Waals surface area (Å²) in [5.41, 5.74) is 0.321. The summed E-state index contributed by atoms with van der Waals surface area (Å²) < 4.78 is 26.7. The summed E-state index contributed by atoms with van der Waals surface area (Å²) in [7, 11) is 1.43. The first-order chi connectivity index (χ1) is 12.9. The van der Waals surface area contributed by atoms with E-state index in [9.17, 15) is 25.2 Å². The van der Waals surface area contributed by atoms with Crippen molar-refractivity contribution in [2.24, 2.45) is 11.8 Å². The molecule has 0 unspecified atom stereocenters. The summed E-state index contributed by atoms with van der Waals surface area (Å²) in [6, 6.07) is 0. The molecule has 3 aliphatic heterocycles. The van der Waals surface area contributed by atoms with Gasteiger partial charge in [-0.3, -0.25) is 0 Å². The molecule has 27 heavy (non-hydrogen) atoms.